The average Bonchev–Trinajstić information content (AvgIpc) is 3.68. The van der Waals surface area contributed by atoms with Gasteiger partial charge in [0, 0.05) is 51.0 Å². The van der Waals surface area contributed by atoms with E-state index in [2.05, 4.69) is 49.5 Å². The molecule has 47 heavy (non-hydrogen) atoms. The summed E-state index contributed by atoms with van der Waals surface area (Å²) in [5.74, 6) is -1.59. The molecule has 3 N–H and O–H groups in total. The van der Waals surface area contributed by atoms with Crippen LogP contribution in [0.5, 0.6) is 0 Å². The summed E-state index contributed by atoms with van der Waals surface area (Å²) < 4.78 is 0. The van der Waals surface area contributed by atoms with Crippen molar-refractivity contribution < 1.29 is 29.5 Å². The number of carboxylic acids is 1. The van der Waals surface area contributed by atoms with Gasteiger partial charge in [-0.15, -0.1) is 0 Å². The lowest BCUT2D eigenvalue weighted by Gasteiger charge is -2.37. The van der Waals surface area contributed by atoms with Gasteiger partial charge < -0.3 is 15.1 Å². The zero-order valence-electron chi connectivity index (χ0n) is 27.8. The minimum Gasteiger partial charge on any atom is -0.478 e. The molecule has 0 radical (unpaired) electrons. The van der Waals surface area contributed by atoms with Crippen molar-refractivity contribution >= 4 is 50.8 Å². The number of carbonyl (C=O) groups is 1. The molecule has 8 bridgehead atoms. The van der Waals surface area contributed by atoms with E-state index in [0.717, 1.165) is 78.1 Å². The molecule has 0 aromatic carbocycles. The van der Waals surface area contributed by atoms with Crippen molar-refractivity contribution in [2.45, 2.75) is 46.5 Å². The molecule has 10 nitrogen and oxygen atoms in total. The fraction of sp³-hybridized carbons (Fsp3) is 0.324. The molecule has 0 amide bonds. The number of aromatic amines is 2. The maximum Gasteiger partial charge on any atom is 0.331 e. The monoisotopic (exact) mass is 636 g/mol. The normalized spacial score (nSPS) is 19.0. The summed E-state index contributed by atoms with van der Waals surface area (Å²) in [7, 11) is 2.93. The highest BCUT2D eigenvalue weighted by atomic mass is 17.2. The molecule has 3 aromatic rings. The van der Waals surface area contributed by atoms with Gasteiger partial charge in [0.1, 0.15) is 0 Å². The summed E-state index contributed by atoms with van der Waals surface area (Å²) in [5.41, 5.74) is 13.2. The van der Waals surface area contributed by atoms with Gasteiger partial charge >= 0.3 is 5.97 Å². The largest absolute Gasteiger partial charge is 0.478 e. The Morgan fingerprint density at radius 3 is 2.19 bits per heavy atom. The molecule has 0 saturated heterocycles. The number of aryl methyl sites for hydroxylation is 3. The van der Waals surface area contributed by atoms with E-state index in [1.807, 2.05) is 38.1 Å². The Kier molecular flexibility index (Phi) is 8.62. The first-order valence-electron chi connectivity index (χ1n) is 15.6. The minimum absolute atomic E-state index is 0.0290. The van der Waals surface area contributed by atoms with E-state index >= 15 is 0 Å². The van der Waals surface area contributed by atoms with E-state index in [9.17, 15) is 9.90 Å². The molecular weight excluding hydrogens is 596 g/mol. The third-order valence-corrected chi connectivity index (χ3v) is 9.99. The number of aromatic nitrogens is 4. The van der Waals surface area contributed by atoms with Crippen LogP contribution in [0.15, 0.2) is 48.6 Å². The fourth-order valence-electron chi connectivity index (χ4n) is 7.02. The zero-order valence-corrected chi connectivity index (χ0v) is 27.8. The van der Waals surface area contributed by atoms with Gasteiger partial charge in [0.05, 0.1) is 50.2 Å². The third-order valence-electron chi connectivity index (χ3n) is 9.99. The second kappa shape index (κ2) is 12.5. The average molecular weight is 637 g/mol. The molecule has 2 atom stereocenters. The first-order chi connectivity index (χ1) is 22.5. The number of hydrogen-bond acceptors (Lipinski definition) is 7. The summed E-state index contributed by atoms with van der Waals surface area (Å²) in [6, 6.07) is 8.20. The van der Waals surface area contributed by atoms with Crippen molar-refractivity contribution in [3.05, 3.63) is 93.6 Å². The number of allylic oxidation sites excluding steroid dienone is 4. The van der Waals surface area contributed by atoms with Crippen LogP contribution >= 0.6 is 0 Å². The topological polar surface area (TPSA) is 132 Å². The van der Waals surface area contributed by atoms with Crippen molar-refractivity contribution in [3.63, 3.8) is 0 Å². The fourth-order valence-corrected chi connectivity index (χ4v) is 7.02. The highest BCUT2D eigenvalue weighted by Gasteiger charge is 2.49. The predicted octanol–water partition coefficient (Wildman–Crippen LogP) is 7.34. The van der Waals surface area contributed by atoms with Crippen molar-refractivity contribution in [2.75, 3.05) is 27.4 Å². The first kappa shape index (κ1) is 32.3. The molecule has 5 heterocycles. The summed E-state index contributed by atoms with van der Waals surface area (Å²) in [6.07, 6.45) is 5.98. The highest BCUT2D eigenvalue weighted by Crippen LogP contribution is 2.52. The van der Waals surface area contributed by atoms with Gasteiger partial charge in [0.25, 0.3) is 0 Å². The van der Waals surface area contributed by atoms with Crippen LogP contribution in [0.4, 0.5) is 0 Å². The summed E-state index contributed by atoms with van der Waals surface area (Å²) in [6.45, 7) is 14.9. The van der Waals surface area contributed by atoms with Gasteiger partial charge in [0.15, 0.2) is 0 Å². The number of H-pyrrole nitrogens is 2. The van der Waals surface area contributed by atoms with E-state index in [0.29, 0.717) is 18.7 Å². The molecule has 244 valence electrons. The number of nitrogens with zero attached hydrogens (tertiary/aromatic N) is 2. The minimum atomic E-state index is -1.01. The summed E-state index contributed by atoms with van der Waals surface area (Å²) >= 11 is 0. The number of aliphatic carboxylic acids is 1. The molecule has 2 aliphatic heterocycles. The second-order valence-electron chi connectivity index (χ2n) is 12.3. The van der Waals surface area contributed by atoms with Crippen LogP contribution in [0, 0.1) is 26.7 Å². The van der Waals surface area contributed by atoms with Gasteiger partial charge in [-0.2, -0.15) is 0 Å². The Bertz CT molecular complexity index is 2060. The number of carboxylic acid groups (broad SMARTS) is 1. The van der Waals surface area contributed by atoms with Crippen LogP contribution in [-0.4, -0.2) is 58.4 Å². The van der Waals surface area contributed by atoms with E-state index in [4.69, 9.17) is 29.5 Å². The van der Waals surface area contributed by atoms with Gasteiger partial charge in [-0.25, -0.2) is 29.3 Å². The van der Waals surface area contributed by atoms with Crippen LogP contribution in [0.3, 0.4) is 0 Å². The molecular formula is C37H40N4O6. The SMILES string of the molecule is C=Cc1c(C)c2cc3nc(cc4[nH]c(cc5nc(cc1[nH]2)C1(C)C5=CC=C(C(=O)O)C1COOC)c(C)c4C)C(CCOOC)=C3C. The molecule has 3 aromatic heterocycles. The Balaban J connectivity index is 1.73. The van der Waals surface area contributed by atoms with E-state index < -0.39 is 17.3 Å². The van der Waals surface area contributed by atoms with Crippen molar-refractivity contribution in [3.8, 4) is 0 Å². The molecule has 3 aliphatic rings. The van der Waals surface area contributed by atoms with E-state index in [1.54, 1.807) is 6.08 Å². The van der Waals surface area contributed by atoms with Crippen LogP contribution in [-0.2, 0) is 29.8 Å². The van der Waals surface area contributed by atoms with Crippen LogP contribution in [0.2, 0.25) is 0 Å². The first-order valence-corrected chi connectivity index (χ1v) is 15.6. The van der Waals surface area contributed by atoms with Gasteiger partial charge in [-0.3, -0.25) is 4.98 Å². The Labute approximate surface area is 273 Å². The van der Waals surface area contributed by atoms with Crippen LogP contribution in [0.25, 0.3) is 44.9 Å². The maximum absolute atomic E-state index is 12.5. The van der Waals surface area contributed by atoms with Gasteiger partial charge in [-0.05, 0) is 92.3 Å². The van der Waals surface area contributed by atoms with Crippen molar-refractivity contribution in [1.82, 2.24) is 19.9 Å². The molecule has 10 heteroatoms. The Morgan fingerprint density at radius 1 is 0.894 bits per heavy atom. The van der Waals surface area contributed by atoms with E-state index in [1.165, 1.54) is 14.2 Å². The molecule has 2 unspecified atom stereocenters. The second-order valence-corrected chi connectivity index (χ2v) is 12.3. The van der Waals surface area contributed by atoms with Crippen molar-refractivity contribution in [2.24, 2.45) is 5.92 Å². The number of nitrogens with one attached hydrogen (secondary N) is 2. The van der Waals surface area contributed by atoms with Crippen LogP contribution < -0.4 is 0 Å². The summed E-state index contributed by atoms with van der Waals surface area (Å²) in [5, 5.41) is 10.2. The third kappa shape index (κ3) is 5.37. The standard InChI is InChI=1S/C37H40N4O6/c1-9-23-21(4)30-14-31-22(5)24(12-13-46-44-7)32(39-31)15-28-19(2)20(3)29(38-28)16-34-26-11-10-25(36(42)43)27(18-47-45-8)37(26,6)35(41-34)17-33(23)40-30/h9-11,14-17,27,38,40H,1,12-13,18H2,2-8H3,(H,42,43). The Morgan fingerprint density at radius 2 is 1.53 bits per heavy atom. The predicted molar refractivity (Wildman–Crippen MR) is 183 cm³/mol. The lowest BCUT2D eigenvalue weighted by Crippen LogP contribution is -2.39. The molecule has 0 saturated carbocycles. The van der Waals surface area contributed by atoms with Crippen LogP contribution in [0.1, 0.15) is 65.3 Å². The van der Waals surface area contributed by atoms with Crippen molar-refractivity contribution in [1.29, 1.82) is 0 Å². The number of hydrogen-bond donors (Lipinski definition) is 3. The maximum atomic E-state index is 12.5. The summed E-state index contributed by atoms with van der Waals surface area (Å²) in [4.78, 5) is 50.6. The zero-order chi connectivity index (χ0) is 33.6. The lowest BCUT2D eigenvalue weighted by atomic mass is 9.64. The van der Waals surface area contributed by atoms with Gasteiger partial charge in [-0.1, -0.05) is 24.8 Å². The molecule has 6 rings (SSSR count). The number of fused-ring (bicyclic) bond motifs is 11. The molecule has 0 fully saturated rings. The number of rotatable bonds is 9. The van der Waals surface area contributed by atoms with E-state index in [-0.39, 0.29) is 12.2 Å². The lowest BCUT2D eigenvalue weighted by molar-refractivity contribution is -0.279. The van der Waals surface area contributed by atoms with Gasteiger partial charge in [0.2, 0.25) is 0 Å². The highest BCUT2D eigenvalue weighted by molar-refractivity contribution is 5.95. The molecule has 1 aliphatic carbocycles. The smallest absolute Gasteiger partial charge is 0.331 e. The quantitative estimate of drug-likeness (QED) is 0.126. The Hall–Kier alpha value is -4.61. The molecule has 0 spiro atoms.